The number of benzene rings is 1. The van der Waals surface area contributed by atoms with Gasteiger partial charge in [0.05, 0.1) is 23.7 Å². The van der Waals surface area contributed by atoms with Gasteiger partial charge in [0.15, 0.2) is 5.75 Å². The number of rotatable bonds is 2. The van der Waals surface area contributed by atoms with Gasteiger partial charge in [-0.05, 0) is 23.8 Å². The smallest absolute Gasteiger partial charge is 0.231 e. The lowest BCUT2D eigenvalue weighted by Crippen LogP contribution is -2.38. The van der Waals surface area contributed by atoms with E-state index in [0.717, 1.165) is 11.3 Å². The largest absolute Gasteiger partial charge is 0.488 e. The van der Waals surface area contributed by atoms with Gasteiger partial charge in [0.2, 0.25) is 5.91 Å². The lowest BCUT2D eigenvalue weighted by atomic mass is 10.1. The summed E-state index contributed by atoms with van der Waals surface area (Å²) >= 11 is 6.10. The van der Waals surface area contributed by atoms with Crippen molar-refractivity contribution in [1.82, 2.24) is 4.98 Å². The van der Waals surface area contributed by atoms with Crippen molar-refractivity contribution in [3.8, 4) is 5.75 Å². The van der Waals surface area contributed by atoms with Crippen molar-refractivity contribution in [1.29, 1.82) is 0 Å². The van der Waals surface area contributed by atoms with E-state index < -0.39 is 0 Å². The highest BCUT2D eigenvalue weighted by Crippen LogP contribution is 2.37. The number of pyridine rings is 1. The van der Waals surface area contributed by atoms with Crippen molar-refractivity contribution in [2.75, 3.05) is 18.1 Å². The number of carbonyl (C=O) groups is 1. The minimum Gasteiger partial charge on any atom is -0.488 e. The van der Waals surface area contributed by atoms with Crippen molar-refractivity contribution in [2.24, 2.45) is 0 Å². The second kappa shape index (κ2) is 5.51. The zero-order valence-corrected chi connectivity index (χ0v) is 11.5. The van der Waals surface area contributed by atoms with E-state index in [4.69, 9.17) is 16.3 Å². The third kappa shape index (κ3) is 2.47. The predicted octanol–water partition coefficient (Wildman–Crippen LogP) is 2.70. The number of nitrogens with zero attached hydrogens (tertiary/aromatic N) is 2. The summed E-state index contributed by atoms with van der Waals surface area (Å²) in [5.74, 6) is 0.602. The first-order chi connectivity index (χ1) is 9.75. The number of aromatic nitrogens is 1. The summed E-state index contributed by atoms with van der Waals surface area (Å²) in [4.78, 5) is 18.2. The summed E-state index contributed by atoms with van der Waals surface area (Å²) in [5, 5.41) is 0.529. The topological polar surface area (TPSA) is 42.4 Å². The Morgan fingerprint density at radius 2 is 2.25 bits per heavy atom. The van der Waals surface area contributed by atoms with Crippen LogP contribution in [0.5, 0.6) is 5.75 Å². The molecule has 0 radical (unpaired) electrons. The van der Waals surface area contributed by atoms with Gasteiger partial charge in [0.1, 0.15) is 6.61 Å². The van der Waals surface area contributed by atoms with Crippen LogP contribution >= 0.6 is 11.6 Å². The van der Waals surface area contributed by atoms with Crippen molar-refractivity contribution >= 4 is 23.2 Å². The molecule has 2 aromatic rings. The molecular formula is C15H13ClN2O2. The van der Waals surface area contributed by atoms with Gasteiger partial charge in [0, 0.05) is 12.4 Å². The van der Waals surface area contributed by atoms with Crippen LogP contribution in [0.15, 0.2) is 42.7 Å². The van der Waals surface area contributed by atoms with Gasteiger partial charge in [-0.15, -0.1) is 0 Å². The molecule has 0 bridgehead atoms. The second-order valence-corrected chi connectivity index (χ2v) is 4.93. The van der Waals surface area contributed by atoms with Gasteiger partial charge in [-0.1, -0.05) is 23.7 Å². The van der Waals surface area contributed by atoms with Gasteiger partial charge in [-0.3, -0.25) is 9.78 Å². The maximum absolute atomic E-state index is 12.4. The third-order valence-electron chi connectivity index (χ3n) is 3.18. The molecule has 0 fully saturated rings. The standard InChI is InChI=1S/C15H13ClN2O2/c16-12-4-1-5-13-15(12)20-8-7-18(13)14(19)9-11-3-2-6-17-10-11/h1-6,10H,7-9H2. The van der Waals surface area contributed by atoms with Crippen LogP contribution in [0.25, 0.3) is 0 Å². The van der Waals surface area contributed by atoms with Crippen molar-refractivity contribution in [3.05, 3.63) is 53.3 Å². The number of fused-ring (bicyclic) bond motifs is 1. The first-order valence-corrected chi connectivity index (χ1v) is 6.74. The van der Waals surface area contributed by atoms with Crippen LogP contribution in [-0.4, -0.2) is 24.0 Å². The molecular weight excluding hydrogens is 276 g/mol. The lowest BCUT2D eigenvalue weighted by molar-refractivity contribution is -0.118. The van der Waals surface area contributed by atoms with E-state index in [0.29, 0.717) is 30.3 Å². The monoisotopic (exact) mass is 288 g/mol. The van der Waals surface area contributed by atoms with Crippen LogP contribution in [-0.2, 0) is 11.2 Å². The zero-order valence-electron chi connectivity index (χ0n) is 10.8. The molecule has 1 aromatic heterocycles. The zero-order chi connectivity index (χ0) is 13.9. The Morgan fingerprint density at radius 1 is 1.35 bits per heavy atom. The molecule has 102 valence electrons. The number of hydrogen-bond acceptors (Lipinski definition) is 3. The summed E-state index contributed by atoms with van der Waals surface area (Å²) in [5.41, 5.74) is 1.63. The predicted molar refractivity (Wildman–Crippen MR) is 77.2 cm³/mol. The summed E-state index contributed by atoms with van der Waals surface area (Å²) in [6, 6.07) is 9.15. The number of hydrogen-bond donors (Lipinski definition) is 0. The average Bonchev–Trinajstić information content (AvgIpc) is 2.48. The van der Waals surface area contributed by atoms with E-state index in [1.807, 2.05) is 24.3 Å². The van der Waals surface area contributed by atoms with Crippen LogP contribution in [0.2, 0.25) is 5.02 Å². The fourth-order valence-corrected chi connectivity index (χ4v) is 2.47. The number of para-hydroxylation sites is 1. The Kier molecular flexibility index (Phi) is 3.56. The molecule has 0 unspecified atom stereocenters. The third-order valence-corrected chi connectivity index (χ3v) is 3.48. The number of ether oxygens (including phenoxy) is 1. The van der Waals surface area contributed by atoms with E-state index in [1.54, 1.807) is 23.4 Å². The Hall–Kier alpha value is -2.07. The molecule has 0 atom stereocenters. The molecule has 0 N–H and O–H groups in total. The summed E-state index contributed by atoms with van der Waals surface area (Å²) in [6.45, 7) is 0.988. The molecule has 20 heavy (non-hydrogen) atoms. The first-order valence-electron chi connectivity index (χ1n) is 6.36. The second-order valence-electron chi connectivity index (χ2n) is 4.52. The highest BCUT2D eigenvalue weighted by molar-refractivity contribution is 6.32. The molecule has 2 heterocycles. The molecule has 1 aliphatic heterocycles. The molecule has 1 aromatic carbocycles. The normalized spacial score (nSPS) is 13.6. The van der Waals surface area contributed by atoms with Crippen molar-refractivity contribution in [2.45, 2.75) is 6.42 Å². The van der Waals surface area contributed by atoms with Gasteiger partial charge in [-0.25, -0.2) is 0 Å². The minimum atomic E-state index is 0.0183. The van der Waals surface area contributed by atoms with Gasteiger partial charge < -0.3 is 9.64 Å². The van der Waals surface area contributed by atoms with Crippen molar-refractivity contribution < 1.29 is 9.53 Å². The Labute approximate surface area is 122 Å². The fourth-order valence-electron chi connectivity index (χ4n) is 2.24. The SMILES string of the molecule is O=C(Cc1cccnc1)N1CCOc2c(Cl)cccc21. The van der Waals surface area contributed by atoms with E-state index >= 15 is 0 Å². The summed E-state index contributed by atoms with van der Waals surface area (Å²) in [6.07, 6.45) is 3.72. The minimum absolute atomic E-state index is 0.0183. The van der Waals surface area contributed by atoms with Crippen LogP contribution in [0.3, 0.4) is 0 Å². The number of halogens is 1. The van der Waals surface area contributed by atoms with Gasteiger partial charge >= 0.3 is 0 Å². The molecule has 1 amide bonds. The highest BCUT2D eigenvalue weighted by atomic mass is 35.5. The van der Waals surface area contributed by atoms with Gasteiger partial charge in [0.25, 0.3) is 0 Å². The van der Waals surface area contributed by atoms with E-state index in [-0.39, 0.29) is 5.91 Å². The fraction of sp³-hybridized carbons (Fsp3) is 0.200. The number of amides is 1. The van der Waals surface area contributed by atoms with Crippen LogP contribution < -0.4 is 9.64 Å². The van der Waals surface area contributed by atoms with E-state index in [9.17, 15) is 4.79 Å². The quantitative estimate of drug-likeness (QED) is 0.853. The van der Waals surface area contributed by atoms with Crippen LogP contribution in [0.1, 0.15) is 5.56 Å². The molecule has 4 nitrogen and oxygen atoms in total. The molecule has 5 heteroatoms. The maximum atomic E-state index is 12.4. The first kappa shape index (κ1) is 12.9. The molecule has 0 aliphatic carbocycles. The van der Waals surface area contributed by atoms with Gasteiger partial charge in [-0.2, -0.15) is 0 Å². The molecule has 1 aliphatic rings. The average molecular weight is 289 g/mol. The van der Waals surface area contributed by atoms with Crippen LogP contribution in [0, 0.1) is 0 Å². The Balaban J connectivity index is 1.86. The molecule has 3 rings (SSSR count). The summed E-state index contributed by atoms with van der Waals surface area (Å²) in [7, 11) is 0. The van der Waals surface area contributed by atoms with E-state index in [1.165, 1.54) is 0 Å². The van der Waals surface area contributed by atoms with Crippen molar-refractivity contribution in [3.63, 3.8) is 0 Å². The Morgan fingerprint density at radius 3 is 3.05 bits per heavy atom. The molecule has 0 saturated heterocycles. The molecule has 0 spiro atoms. The Bertz CT molecular complexity index is 631. The number of anilines is 1. The molecule has 0 saturated carbocycles. The number of carbonyl (C=O) groups excluding carboxylic acids is 1. The van der Waals surface area contributed by atoms with Crippen LogP contribution in [0.4, 0.5) is 5.69 Å². The highest BCUT2D eigenvalue weighted by Gasteiger charge is 2.25. The maximum Gasteiger partial charge on any atom is 0.231 e. The lowest BCUT2D eigenvalue weighted by Gasteiger charge is -2.30. The van der Waals surface area contributed by atoms with E-state index in [2.05, 4.69) is 4.98 Å². The summed E-state index contributed by atoms with van der Waals surface area (Å²) < 4.78 is 5.55.